The molecule has 0 heterocycles. The van der Waals surface area contributed by atoms with E-state index in [9.17, 15) is 0 Å². The lowest BCUT2D eigenvalue weighted by Crippen LogP contribution is -2.48. The Balaban J connectivity index is 1.04. The van der Waals surface area contributed by atoms with Crippen LogP contribution in [-0.4, -0.2) is 0 Å². The molecule has 6 fully saturated rings. The molecule has 6 aromatic carbocycles. The van der Waals surface area contributed by atoms with E-state index in [1.165, 1.54) is 114 Å². The topological polar surface area (TPSA) is 3.24 Å². The average molecular weight is 686 g/mol. The van der Waals surface area contributed by atoms with Crippen molar-refractivity contribution in [1.82, 2.24) is 0 Å². The summed E-state index contributed by atoms with van der Waals surface area (Å²) in [5.41, 5.74) is 16.6. The molecular formula is C52H47N. The van der Waals surface area contributed by atoms with Gasteiger partial charge >= 0.3 is 0 Å². The number of fused-ring (bicyclic) bond motifs is 13. The SMILES string of the molecule is c1ccc2c(c1)-c1ccc(N(c3ccc4c(c3)-c3ccccc3C43C4CCC5CC(C4)CC3C5)c3cccc4ccccc34)cc1C21CC2CCC1C2. The van der Waals surface area contributed by atoms with Gasteiger partial charge in [-0.3, -0.25) is 0 Å². The van der Waals surface area contributed by atoms with Crippen LogP contribution in [0.25, 0.3) is 33.0 Å². The summed E-state index contributed by atoms with van der Waals surface area (Å²) in [6.07, 6.45) is 14.1. The van der Waals surface area contributed by atoms with Gasteiger partial charge in [-0.25, -0.2) is 0 Å². The molecule has 8 aliphatic rings. The lowest BCUT2D eigenvalue weighted by molar-refractivity contribution is 0.0618. The van der Waals surface area contributed by atoms with Gasteiger partial charge in [0.25, 0.3) is 0 Å². The summed E-state index contributed by atoms with van der Waals surface area (Å²) in [5.74, 6) is 5.01. The summed E-state index contributed by atoms with van der Waals surface area (Å²) in [5, 5.41) is 2.60. The zero-order chi connectivity index (χ0) is 34.5. The van der Waals surface area contributed by atoms with Crippen molar-refractivity contribution in [2.45, 2.75) is 75.0 Å². The van der Waals surface area contributed by atoms with Crippen LogP contribution in [-0.2, 0) is 10.8 Å². The van der Waals surface area contributed by atoms with E-state index < -0.39 is 0 Å². The van der Waals surface area contributed by atoms with Crippen LogP contribution in [0, 0.1) is 35.5 Å². The molecule has 53 heavy (non-hydrogen) atoms. The van der Waals surface area contributed by atoms with Crippen LogP contribution >= 0.6 is 0 Å². The molecule has 0 saturated heterocycles. The Labute approximate surface area is 314 Å². The highest BCUT2D eigenvalue weighted by Crippen LogP contribution is 2.69. The first-order valence-corrected chi connectivity index (χ1v) is 21.0. The Bertz CT molecular complexity index is 2490. The first-order valence-electron chi connectivity index (χ1n) is 21.0. The molecule has 260 valence electrons. The van der Waals surface area contributed by atoms with Crippen LogP contribution < -0.4 is 4.90 Å². The minimum absolute atomic E-state index is 0.149. The van der Waals surface area contributed by atoms with Gasteiger partial charge in [0.15, 0.2) is 0 Å². The van der Waals surface area contributed by atoms with E-state index in [0.717, 1.165) is 35.5 Å². The first kappa shape index (κ1) is 29.8. The number of rotatable bonds is 3. The van der Waals surface area contributed by atoms with Crippen molar-refractivity contribution < 1.29 is 0 Å². The molecule has 1 heteroatoms. The molecule has 6 aromatic rings. The second kappa shape index (κ2) is 10.5. The summed E-state index contributed by atoms with van der Waals surface area (Å²) in [7, 11) is 0. The predicted octanol–water partition coefficient (Wildman–Crippen LogP) is 13.5. The molecule has 0 amide bonds. The Morgan fingerprint density at radius 3 is 1.98 bits per heavy atom. The number of anilines is 3. The fraction of sp³-hybridized carbons (Fsp3) is 0.346. The van der Waals surface area contributed by atoms with E-state index in [-0.39, 0.29) is 10.8 Å². The standard InChI is InChI=1S/C52H47N/c1-2-10-41-35(8-1)9-7-15-50(41)53(40-20-22-44-42-11-3-5-13-46(42)51(49(44)30-40)31-33-17-18-36(51)26-33)39-21-23-48-45(29-39)43-12-4-6-14-47(43)52(48)37-19-16-32-24-34(27-37)28-38(52)25-32/h1-15,20-23,29-30,32-34,36-38H,16-19,24-28,31H2. The number of hydrogen-bond donors (Lipinski definition) is 0. The van der Waals surface area contributed by atoms with Gasteiger partial charge in [0.05, 0.1) is 5.69 Å². The van der Waals surface area contributed by atoms with Crippen LogP contribution in [0.3, 0.4) is 0 Å². The van der Waals surface area contributed by atoms with Crippen LogP contribution in [0.15, 0.2) is 127 Å². The van der Waals surface area contributed by atoms with Crippen molar-refractivity contribution in [3.8, 4) is 22.3 Å². The largest absolute Gasteiger partial charge is 0.310 e. The zero-order valence-electron chi connectivity index (χ0n) is 30.6. The number of hydrogen-bond acceptors (Lipinski definition) is 1. The van der Waals surface area contributed by atoms with Gasteiger partial charge in [0.1, 0.15) is 0 Å². The van der Waals surface area contributed by atoms with Gasteiger partial charge in [0, 0.05) is 27.6 Å². The molecule has 0 N–H and O–H groups in total. The Kier molecular flexibility index (Phi) is 5.92. The van der Waals surface area contributed by atoms with E-state index in [2.05, 4.69) is 132 Å². The van der Waals surface area contributed by atoms with Crippen molar-refractivity contribution >= 4 is 27.8 Å². The molecular weight excluding hydrogens is 639 g/mol. The molecule has 6 saturated carbocycles. The fourth-order valence-corrected chi connectivity index (χ4v) is 14.8. The van der Waals surface area contributed by atoms with Gasteiger partial charge in [-0.1, -0.05) is 110 Å². The second-order valence-electron chi connectivity index (χ2n) is 18.5. The van der Waals surface area contributed by atoms with Crippen LogP contribution in [0.2, 0.25) is 0 Å². The molecule has 0 aliphatic heterocycles. The average Bonchev–Trinajstić information content (AvgIpc) is 3.92. The Hall–Kier alpha value is -4.62. The third-order valence-corrected chi connectivity index (χ3v) is 16.4. The van der Waals surface area contributed by atoms with Crippen LogP contribution in [0.4, 0.5) is 17.1 Å². The molecule has 1 nitrogen and oxygen atoms in total. The molecule has 0 radical (unpaired) electrons. The molecule has 14 rings (SSSR count). The van der Waals surface area contributed by atoms with Crippen molar-refractivity contribution in [2.24, 2.45) is 35.5 Å². The molecule has 2 spiro atoms. The maximum Gasteiger partial charge on any atom is 0.0540 e. The molecule has 8 aliphatic carbocycles. The maximum absolute atomic E-state index is 2.64. The minimum Gasteiger partial charge on any atom is -0.310 e. The fourth-order valence-electron chi connectivity index (χ4n) is 14.8. The lowest BCUT2D eigenvalue weighted by atomic mass is 9.51. The molecule has 8 atom stereocenters. The monoisotopic (exact) mass is 685 g/mol. The highest BCUT2D eigenvalue weighted by molar-refractivity contribution is 6.00. The molecule has 6 bridgehead atoms. The Morgan fingerprint density at radius 2 is 1.09 bits per heavy atom. The minimum atomic E-state index is 0.149. The van der Waals surface area contributed by atoms with Crippen molar-refractivity contribution in [3.05, 3.63) is 150 Å². The highest BCUT2D eigenvalue weighted by atomic mass is 15.1. The summed E-state index contributed by atoms with van der Waals surface area (Å²) in [6.45, 7) is 0. The predicted molar refractivity (Wildman–Crippen MR) is 218 cm³/mol. The summed E-state index contributed by atoms with van der Waals surface area (Å²) < 4.78 is 0. The smallest absolute Gasteiger partial charge is 0.0540 e. The van der Waals surface area contributed by atoms with E-state index >= 15 is 0 Å². The van der Waals surface area contributed by atoms with E-state index in [4.69, 9.17) is 0 Å². The summed E-state index contributed by atoms with van der Waals surface area (Å²) in [6, 6.07) is 50.3. The zero-order valence-corrected chi connectivity index (χ0v) is 30.6. The van der Waals surface area contributed by atoms with Crippen molar-refractivity contribution in [2.75, 3.05) is 4.90 Å². The van der Waals surface area contributed by atoms with Crippen molar-refractivity contribution in [1.29, 1.82) is 0 Å². The van der Waals surface area contributed by atoms with E-state index in [0.29, 0.717) is 0 Å². The number of nitrogens with zero attached hydrogens (tertiary/aromatic N) is 1. The normalized spacial score (nSPS) is 31.9. The van der Waals surface area contributed by atoms with E-state index in [1.54, 1.807) is 22.3 Å². The van der Waals surface area contributed by atoms with Crippen molar-refractivity contribution in [3.63, 3.8) is 0 Å². The lowest BCUT2D eigenvalue weighted by Gasteiger charge is -2.53. The third-order valence-electron chi connectivity index (χ3n) is 16.4. The first-order chi connectivity index (χ1) is 26.2. The molecule has 0 aromatic heterocycles. The molecule has 8 unspecified atom stereocenters. The Morgan fingerprint density at radius 1 is 0.434 bits per heavy atom. The van der Waals surface area contributed by atoms with Gasteiger partial charge in [0.2, 0.25) is 0 Å². The van der Waals surface area contributed by atoms with Gasteiger partial charge in [-0.05, 0) is 167 Å². The van der Waals surface area contributed by atoms with Gasteiger partial charge < -0.3 is 4.90 Å². The third kappa shape index (κ3) is 3.75. The quantitative estimate of drug-likeness (QED) is 0.179. The maximum atomic E-state index is 2.64. The van der Waals surface area contributed by atoms with Crippen LogP contribution in [0.5, 0.6) is 0 Å². The summed E-state index contributed by atoms with van der Waals surface area (Å²) >= 11 is 0. The summed E-state index contributed by atoms with van der Waals surface area (Å²) in [4.78, 5) is 2.63. The second-order valence-corrected chi connectivity index (χ2v) is 18.5. The highest BCUT2D eigenvalue weighted by Gasteiger charge is 2.60. The van der Waals surface area contributed by atoms with Crippen LogP contribution in [0.1, 0.15) is 86.5 Å². The van der Waals surface area contributed by atoms with Gasteiger partial charge in [-0.15, -0.1) is 0 Å². The number of benzene rings is 6. The van der Waals surface area contributed by atoms with E-state index in [1.807, 2.05) is 0 Å². The van der Waals surface area contributed by atoms with Gasteiger partial charge in [-0.2, -0.15) is 0 Å².